The topological polar surface area (TPSA) is 149 Å². The highest BCUT2D eigenvalue weighted by molar-refractivity contribution is 5.81. The number of fused-ring (bicyclic) bond motifs is 8. The molecular formula is C44H56F6N6O6. The number of hydrogen-bond donors (Lipinski definition) is 4. The number of pyridine rings is 2. The van der Waals surface area contributed by atoms with Gasteiger partial charge in [-0.15, -0.1) is 0 Å². The maximum Gasteiger partial charge on any atom is 0.390 e. The Bertz CT molecular complexity index is 2000. The van der Waals surface area contributed by atoms with Crippen LogP contribution >= 0.6 is 0 Å². The molecule has 2 saturated heterocycles. The average Bonchev–Trinajstić information content (AvgIpc) is 4.16. The van der Waals surface area contributed by atoms with Crippen molar-refractivity contribution < 1.29 is 46.1 Å². The number of hydrogen-bond acceptors (Lipinski definition) is 8. The van der Waals surface area contributed by atoms with Gasteiger partial charge in [0.1, 0.15) is 0 Å². The summed E-state index contributed by atoms with van der Waals surface area (Å²) in [6.07, 6.45) is 0.458. The van der Waals surface area contributed by atoms with Gasteiger partial charge in [0.15, 0.2) is 0 Å². The van der Waals surface area contributed by atoms with Crippen molar-refractivity contribution in [3.63, 3.8) is 0 Å². The monoisotopic (exact) mass is 878 g/mol. The first kappa shape index (κ1) is 45.8. The number of aliphatic hydroxyl groups excluding tert-OH is 2. The third-order valence-electron chi connectivity index (χ3n) is 13.5. The highest BCUT2D eigenvalue weighted by atomic mass is 19.4. The number of alkyl halides is 6. The number of carbonyl (C=O) groups excluding carboxylic acids is 2. The van der Waals surface area contributed by atoms with Crippen molar-refractivity contribution in [2.24, 2.45) is 35.5 Å². The number of aromatic nitrogens is 2. The molecule has 4 N–H and O–H groups in total. The Morgan fingerprint density at radius 3 is 1.34 bits per heavy atom. The van der Waals surface area contributed by atoms with Gasteiger partial charge < -0.3 is 30.0 Å². The van der Waals surface area contributed by atoms with Gasteiger partial charge in [0.2, 0.25) is 11.8 Å². The summed E-state index contributed by atoms with van der Waals surface area (Å²) in [4.78, 5) is 55.6. The Hall–Kier alpha value is -4.26. The zero-order chi connectivity index (χ0) is 44.7. The molecule has 18 heteroatoms. The van der Waals surface area contributed by atoms with E-state index in [1.165, 1.54) is 0 Å². The van der Waals surface area contributed by atoms with Crippen molar-refractivity contribution >= 4 is 24.0 Å². The van der Waals surface area contributed by atoms with E-state index in [9.17, 15) is 55.7 Å². The van der Waals surface area contributed by atoms with Crippen LogP contribution in [0.1, 0.15) is 87.0 Å². The molecule has 4 fully saturated rings. The number of nitrogens with one attached hydrogen (secondary N) is 2. The van der Waals surface area contributed by atoms with Crippen molar-refractivity contribution in [2.75, 3.05) is 39.4 Å². The van der Waals surface area contributed by atoms with E-state index in [0.717, 1.165) is 25.7 Å². The van der Waals surface area contributed by atoms with E-state index in [-0.39, 0.29) is 62.3 Å². The van der Waals surface area contributed by atoms with E-state index in [2.05, 4.69) is 10.6 Å². The van der Waals surface area contributed by atoms with Gasteiger partial charge in [-0.05, 0) is 75.6 Å². The van der Waals surface area contributed by atoms with Gasteiger partial charge in [-0.25, -0.2) is 0 Å². The lowest BCUT2D eigenvalue weighted by atomic mass is 9.86. The lowest BCUT2D eigenvalue weighted by Crippen LogP contribution is -2.47. The average molecular weight is 879 g/mol. The van der Waals surface area contributed by atoms with Crippen LogP contribution in [0, 0.1) is 35.5 Å². The Morgan fingerprint density at radius 1 is 0.661 bits per heavy atom. The molecule has 6 aliphatic rings. The molecule has 2 aliphatic carbocycles. The first-order chi connectivity index (χ1) is 29.5. The van der Waals surface area contributed by atoms with Gasteiger partial charge in [-0.2, -0.15) is 26.3 Å². The van der Waals surface area contributed by atoms with E-state index >= 15 is 0 Å². The van der Waals surface area contributed by atoms with Gasteiger partial charge in [-0.3, -0.25) is 29.0 Å². The summed E-state index contributed by atoms with van der Waals surface area (Å²) in [5.74, 6) is -2.09. The minimum absolute atomic E-state index is 0.158. The molecule has 0 spiro atoms. The van der Waals surface area contributed by atoms with Crippen molar-refractivity contribution in [1.82, 2.24) is 29.6 Å². The Balaban J connectivity index is 0.000000186. The zero-order valence-corrected chi connectivity index (χ0v) is 34.9. The van der Waals surface area contributed by atoms with Crippen LogP contribution in [0.25, 0.3) is 12.2 Å². The summed E-state index contributed by atoms with van der Waals surface area (Å²) < 4.78 is 81.2. The minimum atomic E-state index is -4.33. The lowest BCUT2D eigenvalue weighted by Gasteiger charge is -2.38. The molecule has 8 atom stereocenters. The molecule has 62 heavy (non-hydrogen) atoms. The number of rotatable bonds is 14. The summed E-state index contributed by atoms with van der Waals surface area (Å²) in [6.45, 7) is 3.81. The second-order valence-corrected chi connectivity index (χ2v) is 17.6. The molecule has 0 radical (unpaired) electrons. The standard InChI is InChI=1S/2C22H28F3N3O3/c2*1-2-3-14-6-7-16-19-18(20(30)26-10-13-4-5-13)15(12-29)17(11-28(16)21(14)31)27(19)9-8-22(23,24)25/h2*2-3,6-7,13,15,17-19,29H,4-5,8-12H2,1H3,(H,26,30)/b3-2+;3-2-/t2*15-,17-,18+,19+/m00/s1. The van der Waals surface area contributed by atoms with E-state index in [0.29, 0.717) is 47.4 Å². The largest absolute Gasteiger partial charge is 0.396 e. The van der Waals surface area contributed by atoms with Gasteiger partial charge in [0.05, 0.1) is 36.8 Å². The Kier molecular flexibility index (Phi) is 13.6. The van der Waals surface area contributed by atoms with E-state index < -0.39 is 73.0 Å². The molecule has 2 amide bonds. The first-order valence-electron chi connectivity index (χ1n) is 21.6. The fourth-order valence-electron chi connectivity index (χ4n) is 10.2. The minimum Gasteiger partial charge on any atom is -0.396 e. The molecule has 340 valence electrons. The molecular weight excluding hydrogens is 823 g/mol. The smallest absolute Gasteiger partial charge is 0.390 e. The maximum absolute atomic E-state index is 13.1. The van der Waals surface area contributed by atoms with Gasteiger partial charge in [0, 0.05) is 98.9 Å². The normalized spacial score (nSPS) is 28.2. The second kappa shape index (κ2) is 18.5. The van der Waals surface area contributed by atoms with Crippen molar-refractivity contribution in [2.45, 2.75) is 102 Å². The zero-order valence-electron chi connectivity index (χ0n) is 34.9. The summed E-state index contributed by atoms with van der Waals surface area (Å²) in [5, 5.41) is 26.1. The molecule has 0 unspecified atom stereocenters. The molecule has 4 aliphatic heterocycles. The number of halogens is 6. The molecule has 2 aromatic rings. The van der Waals surface area contributed by atoms with Crippen molar-refractivity contribution in [3.05, 3.63) is 79.6 Å². The summed E-state index contributed by atoms with van der Waals surface area (Å²) in [5.41, 5.74) is 1.61. The predicted octanol–water partition coefficient (Wildman–Crippen LogP) is 4.65. The van der Waals surface area contributed by atoms with E-state index in [4.69, 9.17) is 0 Å². The van der Waals surface area contributed by atoms with Gasteiger partial charge in [-0.1, -0.05) is 24.3 Å². The number of aliphatic hydroxyl groups is 2. The number of allylic oxidation sites excluding steroid dienone is 2. The van der Waals surface area contributed by atoms with Gasteiger partial charge in [0.25, 0.3) is 11.1 Å². The molecule has 2 saturated carbocycles. The van der Waals surface area contributed by atoms with Crippen LogP contribution in [0.2, 0.25) is 0 Å². The third-order valence-corrected chi connectivity index (χ3v) is 13.5. The Labute approximate surface area is 355 Å². The number of nitrogens with zero attached hydrogens (tertiary/aromatic N) is 4. The summed E-state index contributed by atoms with van der Waals surface area (Å²) >= 11 is 0. The Morgan fingerprint density at radius 2 is 1.03 bits per heavy atom. The highest BCUT2D eigenvalue weighted by Crippen LogP contribution is 2.50. The van der Waals surface area contributed by atoms with Crippen molar-refractivity contribution in [3.8, 4) is 0 Å². The second-order valence-electron chi connectivity index (χ2n) is 17.6. The molecule has 8 rings (SSSR count). The first-order valence-corrected chi connectivity index (χ1v) is 21.6. The van der Waals surface area contributed by atoms with Crippen LogP contribution in [0.15, 0.2) is 46.0 Å². The van der Waals surface area contributed by atoms with Crippen LogP contribution in [-0.4, -0.2) is 105 Å². The van der Waals surface area contributed by atoms with Crippen LogP contribution in [0.4, 0.5) is 26.3 Å². The van der Waals surface area contributed by atoms with Gasteiger partial charge >= 0.3 is 12.4 Å². The fourth-order valence-corrected chi connectivity index (χ4v) is 10.2. The highest BCUT2D eigenvalue weighted by Gasteiger charge is 2.57. The summed E-state index contributed by atoms with van der Waals surface area (Å²) in [7, 11) is 0. The number of carbonyl (C=O) groups is 2. The quantitative estimate of drug-likeness (QED) is 0.201. The fraction of sp³-hybridized carbons (Fsp3) is 0.636. The molecule has 2 aromatic heterocycles. The molecule has 0 aromatic carbocycles. The predicted molar refractivity (Wildman–Crippen MR) is 218 cm³/mol. The van der Waals surface area contributed by atoms with E-state index in [1.807, 2.05) is 0 Å². The molecule has 12 nitrogen and oxygen atoms in total. The van der Waals surface area contributed by atoms with Crippen LogP contribution in [0.3, 0.4) is 0 Å². The molecule has 4 bridgehead atoms. The third kappa shape index (κ3) is 9.62. The van der Waals surface area contributed by atoms with Crippen LogP contribution in [-0.2, 0) is 22.7 Å². The van der Waals surface area contributed by atoms with Crippen molar-refractivity contribution in [1.29, 1.82) is 0 Å². The maximum atomic E-state index is 13.1. The van der Waals surface area contributed by atoms with E-state index in [1.54, 1.807) is 81.4 Å². The lowest BCUT2D eigenvalue weighted by molar-refractivity contribution is -0.142. The SMILES string of the molecule is C/C=C/c1ccc2n(c1=O)C[C@H]1[C@H](CO)[C@@H](C(=O)NCC3CC3)[C@@H]2N1CCC(F)(F)F.C/C=C\c1ccc2n(c1=O)C[C@H]1[C@H](CO)[C@@H](C(=O)NCC3CC3)[C@@H]2N1CCC(F)(F)F. The number of amides is 2. The summed E-state index contributed by atoms with van der Waals surface area (Å²) in [6, 6.07) is 4.40. The van der Waals surface area contributed by atoms with Crippen LogP contribution in [0.5, 0.6) is 0 Å². The van der Waals surface area contributed by atoms with Crippen LogP contribution < -0.4 is 21.8 Å². The molecule has 6 heterocycles.